The molecule has 0 amide bonds. The third kappa shape index (κ3) is 7.78. The Morgan fingerprint density at radius 1 is 1.36 bits per heavy atom. The molecule has 0 bridgehead atoms. The summed E-state index contributed by atoms with van der Waals surface area (Å²) in [5.41, 5.74) is 0. The maximum atomic E-state index is 5.29. The average molecular weight is 172 g/mol. The maximum Gasteiger partial charge on any atom is 0.263 e. The van der Waals surface area contributed by atoms with Gasteiger partial charge in [-0.25, -0.2) is 0 Å². The molecule has 0 aromatic carbocycles. The van der Waals surface area contributed by atoms with Crippen molar-refractivity contribution >= 4 is 9.76 Å². The lowest BCUT2D eigenvalue weighted by Crippen LogP contribution is -2.08. The largest absolute Gasteiger partial charge is 0.409 e. The first kappa shape index (κ1) is 10.9. The number of ether oxygens (including phenoxy) is 1. The molecule has 11 heavy (non-hydrogen) atoms. The van der Waals surface area contributed by atoms with Gasteiger partial charge in [-0.15, -0.1) is 6.58 Å². The third-order valence-corrected chi connectivity index (χ3v) is 2.17. The van der Waals surface area contributed by atoms with Crippen LogP contribution >= 0.6 is 0 Å². The molecule has 0 aliphatic heterocycles. The van der Waals surface area contributed by atoms with Crippen LogP contribution in [0.5, 0.6) is 0 Å². The van der Waals surface area contributed by atoms with Crippen LogP contribution in [0.4, 0.5) is 0 Å². The molecule has 0 rings (SSSR count). The van der Waals surface area contributed by atoms with Gasteiger partial charge >= 0.3 is 0 Å². The molecule has 0 atom stereocenters. The van der Waals surface area contributed by atoms with E-state index in [9.17, 15) is 0 Å². The van der Waals surface area contributed by atoms with E-state index in [1.54, 1.807) is 0 Å². The number of rotatable bonds is 7. The van der Waals surface area contributed by atoms with Crippen molar-refractivity contribution in [1.29, 1.82) is 0 Å². The van der Waals surface area contributed by atoms with E-state index in [-0.39, 0.29) is 0 Å². The molecule has 0 aliphatic rings. The molecular formula is C8H16O2Si. The van der Waals surface area contributed by atoms with E-state index in [0.29, 0.717) is 23.0 Å². The van der Waals surface area contributed by atoms with E-state index >= 15 is 0 Å². The summed E-state index contributed by atoms with van der Waals surface area (Å²) in [6.07, 6.45) is 1.01. The third-order valence-electron chi connectivity index (χ3n) is 1.18. The second-order valence-electron chi connectivity index (χ2n) is 2.10. The molecule has 0 spiro atoms. The van der Waals surface area contributed by atoms with Gasteiger partial charge in [-0.2, -0.15) is 0 Å². The molecule has 2 nitrogen and oxygen atoms in total. The minimum Gasteiger partial charge on any atom is -0.409 e. The smallest absolute Gasteiger partial charge is 0.263 e. The van der Waals surface area contributed by atoms with Gasteiger partial charge in [-0.1, -0.05) is 12.1 Å². The van der Waals surface area contributed by atoms with Crippen molar-refractivity contribution in [2.24, 2.45) is 0 Å². The van der Waals surface area contributed by atoms with Crippen LogP contribution in [0.2, 0.25) is 0 Å². The van der Waals surface area contributed by atoms with Gasteiger partial charge in [-0.3, -0.25) is 0 Å². The van der Waals surface area contributed by atoms with Crippen molar-refractivity contribution < 1.29 is 9.16 Å². The Labute approximate surface area is 71.5 Å². The van der Waals surface area contributed by atoms with E-state index in [0.717, 1.165) is 13.0 Å². The first-order chi connectivity index (χ1) is 5.31. The van der Waals surface area contributed by atoms with Gasteiger partial charge in [0.2, 0.25) is 0 Å². The Bertz CT molecular complexity index is 104. The second-order valence-corrected chi connectivity index (χ2v) is 3.30. The van der Waals surface area contributed by atoms with Crippen LogP contribution in [-0.2, 0) is 9.16 Å². The zero-order valence-electron chi connectivity index (χ0n) is 7.35. The predicted molar refractivity (Wildman–Crippen MR) is 47.6 cm³/mol. The Balaban J connectivity index is 2.95. The van der Waals surface area contributed by atoms with Crippen molar-refractivity contribution in [1.82, 2.24) is 0 Å². The lowest BCUT2D eigenvalue weighted by atomic mass is 10.5. The van der Waals surface area contributed by atoms with Crippen LogP contribution in [0.15, 0.2) is 11.8 Å². The number of hydrogen-bond acceptors (Lipinski definition) is 2. The molecule has 3 heteroatoms. The second kappa shape index (κ2) is 7.98. The van der Waals surface area contributed by atoms with Gasteiger partial charge < -0.3 is 9.16 Å². The highest BCUT2D eigenvalue weighted by molar-refractivity contribution is 6.37. The van der Waals surface area contributed by atoms with E-state index in [1.807, 2.05) is 6.92 Å². The van der Waals surface area contributed by atoms with Crippen LogP contribution in [0, 0.1) is 0 Å². The topological polar surface area (TPSA) is 18.5 Å². The molecule has 64 valence electrons. The lowest BCUT2D eigenvalue weighted by molar-refractivity contribution is 0.112. The molecule has 2 radical (unpaired) electrons. The summed E-state index contributed by atoms with van der Waals surface area (Å²) in [5.74, 6) is 0. The predicted octanol–water partition coefficient (Wildman–Crippen LogP) is 1.58. The highest BCUT2D eigenvalue weighted by Crippen LogP contribution is 1.93. The standard InChI is InChI=1S/C8H16O2Si/c1-4-8(3)11-10-7-6-9-5-2/h3-7H2,1-2H3. The van der Waals surface area contributed by atoms with Crippen molar-refractivity contribution in [2.45, 2.75) is 20.3 Å². The monoisotopic (exact) mass is 172 g/mol. The van der Waals surface area contributed by atoms with Crippen LogP contribution < -0.4 is 0 Å². The van der Waals surface area contributed by atoms with Crippen LogP contribution in [0.3, 0.4) is 0 Å². The molecule has 0 N–H and O–H groups in total. The fourth-order valence-electron chi connectivity index (χ4n) is 0.470. The van der Waals surface area contributed by atoms with Gasteiger partial charge in [0.05, 0.1) is 13.2 Å². The molecule has 0 heterocycles. The van der Waals surface area contributed by atoms with Crippen LogP contribution in [0.25, 0.3) is 0 Å². The van der Waals surface area contributed by atoms with Crippen molar-refractivity contribution in [3.63, 3.8) is 0 Å². The molecule has 0 aromatic rings. The molecule has 0 unspecified atom stereocenters. The van der Waals surface area contributed by atoms with E-state index in [4.69, 9.17) is 9.16 Å². The van der Waals surface area contributed by atoms with Crippen LogP contribution in [-0.4, -0.2) is 29.6 Å². The molecule has 0 saturated heterocycles. The van der Waals surface area contributed by atoms with Gasteiger partial charge in [0.15, 0.2) is 0 Å². The normalized spacial score (nSPS) is 10.0. The summed E-state index contributed by atoms with van der Waals surface area (Å²) in [4.78, 5) is 0. The van der Waals surface area contributed by atoms with E-state index in [2.05, 4.69) is 13.5 Å². The fourth-order valence-corrected chi connectivity index (χ4v) is 1.00. The highest BCUT2D eigenvalue weighted by atomic mass is 28.2. The quantitative estimate of drug-likeness (QED) is 0.429. The minimum atomic E-state index is 0.443. The first-order valence-electron chi connectivity index (χ1n) is 3.94. The summed E-state index contributed by atoms with van der Waals surface area (Å²) in [7, 11) is 0.443. The SMILES string of the molecule is C=C(CC)[Si]OCCOCC. The summed E-state index contributed by atoms with van der Waals surface area (Å²) < 4.78 is 10.4. The maximum absolute atomic E-state index is 5.29. The van der Waals surface area contributed by atoms with Crippen molar-refractivity contribution in [2.75, 3.05) is 19.8 Å². The van der Waals surface area contributed by atoms with Crippen molar-refractivity contribution in [3.8, 4) is 0 Å². The van der Waals surface area contributed by atoms with Gasteiger partial charge in [0.25, 0.3) is 9.76 Å². The van der Waals surface area contributed by atoms with E-state index in [1.165, 1.54) is 5.20 Å². The summed E-state index contributed by atoms with van der Waals surface area (Å²) in [6, 6.07) is 0. The summed E-state index contributed by atoms with van der Waals surface area (Å²) in [6.45, 7) is 10.0. The number of allylic oxidation sites excluding steroid dienone is 1. The zero-order valence-corrected chi connectivity index (χ0v) is 8.35. The van der Waals surface area contributed by atoms with Gasteiger partial charge in [0.1, 0.15) is 0 Å². The Hall–Kier alpha value is -0.123. The average Bonchev–Trinajstić information content (AvgIpc) is 2.04. The molecule has 0 aliphatic carbocycles. The highest BCUT2D eigenvalue weighted by Gasteiger charge is 1.93. The Kier molecular flexibility index (Phi) is 7.89. The Morgan fingerprint density at radius 3 is 2.64 bits per heavy atom. The Morgan fingerprint density at radius 2 is 2.09 bits per heavy atom. The van der Waals surface area contributed by atoms with Crippen LogP contribution in [0.1, 0.15) is 20.3 Å². The van der Waals surface area contributed by atoms with E-state index < -0.39 is 0 Å². The minimum absolute atomic E-state index is 0.443. The zero-order chi connectivity index (χ0) is 8.53. The summed E-state index contributed by atoms with van der Waals surface area (Å²) >= 11 is 0. The molecule has 0 aromatic heterocycles. The first-order valence-corrected chi connectivity index (χ1v) is 4.85. The number of hydrogen-bond donors (Lipinski definition) is 0. The van der Waals surface area contributed by atoms with Gasteiger partial charge in [-0.05, 0) is 13.3 Å². The molecule has 0 fully saturated rings. The van der Waals surface area contributed by atoms with Crippen molar-refractivity contribution in [3.05, 3.63) is 11.8 Å². The lowest BCUT2D eigenvalue weighted by Gasteiger charge is -2.02. The molecular weight excluding hydrogens is 156 g/mol. The molecule has 0 saturated carbocycles. The summed E-state index contributed by atoms with van der Waals surface area (Å²) in [5, 5.41) is 1.17. The van der Waals surface area contributed by atoms with Gasteiger partial charge in [0, 0.05) is 6.61 Å². The fraction of sp³-hybridized carbons (Fsp3) is 0.750.